The molecule has 0 bridgehead atoms. The number of carboxylic acid groups (broad SMARTS) is 1. The smallest absolute Gasteiger partial charge is 0.337 e. The Morgan fingerprint density at radius 3 is 2.20 bits per heavy atom. The molecule has 2 aromatic rings. The van der Waals surface area contributed by atoms with E-state index in [0.29, 0.717) is 37.2 Å². The second-order valence-electron chi connectivity index (χ2n) is 9.15. The molecule has 2 heterocycles. The maximum Gasteiger partial charge on any atom is 0.337 e. The van der Waals surface area contributed by atoms with Gasteiger partial charge < -0.3 is 25.8 Å². The Morgan fingerprint density at radius 1 is 0.971 bits per heavy atom. The first kappa shape index (κ1) is 24.5. The summed E-state index contributed by atoms with van der Waals surface area (Å²) in [5.74, 6) is -1.19. The molecule has 0 saturated carbocycles. The van der Waals surface area contributed by atoms with Gasteiger partial charge in [-0.15, -0.1) is 0 Å². The highest BCUT2D eigenvalue weighted by Crippen LogP contribution is 2.34. The highest BCUT2D eigenvalue weighted by Gasteiger charge is 2.45. The third-order valence-corrected chi connectivity index (χ3v) is 7.21. The third-order valence-electron chi connectivity index (χ3n) is 7.21. The number of nitrogens with two attached hydrogens (primary N) is 1. The molecule has 4 N–H and O–H groups in total. The van der Waals surface area contributed by atoms with Crippen LogP contribution in [0.25, 0.3) is 0 Å². The van der Waals surface area contributed by atoms with Gasteiger partial charge in [0.25, 0.3) is 5.91 Å². The summed E-state index contributed by atoms with van der Waals surface area (Å²) in [6, 6.07) is 11.6. The van der Waals surface area contributed by atoms with Crippen LogP contribution in [0.4, 0.5) is 11.4 Å². The van der Waals surface area contributed by atoms with Crippen molar-refractivity contribution in [2.75, 3.05) is 43.5 Å². The van der Waals surface area contributed by atoms with Crippen molar-refractivity contribution in [3.63, 3.8) is 0 Å². The van der Waals surface area contributed by atoms with Crippen LogP contribution in [0.2, 0.25) is 0 Å². The van der Waals surface area contributed by atoms with Crippen LogP contribution in [0.5, 0.6) is 5.75 Å². The Labute approximate surface area is 204 Å². The summed E-state index contributed by atoms with van der Waals surface area (Å²) in [6.07, 6.45) is 4.52. The number of carboxylic acids is 1. The van der Waals surface area contributed by atoms with E-state index in [1.807, 2.05) is 0 Å². The molecule has 0 spiro atoms. The Hall–Kier alpha value is -3.59. The predicted molar refractivity (Wildman–Crippen MR) is 133 cm³/mol. The molecule has 0 unspecified atom stereocenters. The largest absolute Gasteiger partial charge is 0.497 e. The van der Waals surface area contributed by atoms with Crippen molar-refractivity contribution < 1.29 is 24.2 Å². The van der Waals surface area contributed by atoms with Crippen LogP contribution < -0.4 is 20.7 Å². The Bertz CT molecular complexity index is 1090. The lowest BCUT2D eigenvalue weighted by Gasteiger charge is -2.48. The van der Waals surface area contributed by atoms with Crippen molar-refractivity contribution in [1.29, 1.82) is 0 Å². The number of likely N-dealkylation sites (tertiary alicyclic amines) is 1. The second kappa shape index (κ2) is 10.4. The third kappa shape index (κ3) is 5.09. The summed E-state index contributed by atoms with van der Waals surface area (Å²) in [5, 5.41) is 12.5. The number of aromatic carboxylic acids is 1. The number of carbonyl (C=O) groups excluding carboxylic acids is 2. The molecule has 9 nitrogen and oxygen atoms in total. The molecule has 2 aliphatic rings. The highest BCUT2D eigenvalue weighted by atomic mass is 16.5. The molecule has 2 fully saturated rings. The average Bonchev–Trinajstić information content (AvgIpc) is 2.89. The van der Waals surface area contributed by atoms with E-state index in [1.165, 1.54) is 6.42 Å². The maximum atomic E-state index is 12.7. The number of ether oxygens (including phenoxy) is 1. The Kier molecular flexibility index (Phi) is 7.25. The standard InChI is InChI=1S/C26H32N4O5/c1-35-20-8-5-18(6-9-20)23(31)28-22-10-7-19(17-21(22)24(32)33)29-15-11-26(12-16-29,25(27)34)30-13-3-2-4-14-30/h5-10,17H,2-4,11-16H2,1H3,(H2,27,34)(H,28,31)(H,32,33). The van der Waals surface area contributed by atoms with Gasteiger partial charge in [-0.2, -0.15) is 0 Å². The monoisotopic (exact) mass is 480 g/mol. The number of primary amides is 1. The van der Waals surface area contributed by atoms with Gasteiger partial charge in [-0.05, 0) is 81.2 Å². The van der Waals surface area contributed by atoms with Crippen LogP contribution in [-0.2, 0) is 4.79 Å². The van der Waals surface area contributed by atoms with Crippen molar-refractivity contribution in [2.24, 2.45) is 5.73 Å². The van der Waals surface area contributed by atoms with E-state index in [0.717, 1.165) is 31.6 Å². The van der Waals surface area contributed by atoms with Gasteiger partial charge in [0.15, 0.2) is 0 Å². The molecule has 0 aliphatic carbocycles. The summed E-state index contributed by atoms with van der Waals surface area (Å²) in [5.41, 5.74) is 6.60. The number of nitrogens with one attached hydrogen (secondary N) is 1. The van der Waals surface area contributed by atoms with Crippen molar-refractivity contribution in [3.05, 3.63) is 53.6 Å². The molecule has 2 saturated heterocycles. The van der Waals surface area contributed by atoms with Gasteiger partial charge in [-0.1, -0.05) is 6.42 Å². The maximum absolute atomic E-state index is 12.7. The van der Waals surface area contributed by atoms with Gasteiger partial charge >= 0.3 is 5.97 Å². The number of hydrogen-bond acceptors (Lipinski definition) is 6. The van der Waals surface area contributed by atoms with E-state index in [1.54, 1.807) is 49.6 Å². The summed E-state index contributed by atoms with van der Waals surface area (Å²) in [4.78, 5) is 41.5. The number of methoxy groups -OCH3 is 1. The van der Waals surface area contributed by atoms with Gasteiger partial charge in [-0.3, -0.25) is 14.5 Å². The topological polar surface area (TPSA) is 125 Å². The lowest BCUT2D eigenvalue weighted by molar-refractivity contribution is -0.132. The van der Waals surface area contributed by atoms with Crippen molar-refractivity contribution in [3.8, 4) is 5.75 Å². The Morgan fingerprint density at radius 2 is 1.63 bits per heavy atom. The fourth-order valence-corrected chi connectivity index (χ4v) is 5.13. The van der Waals surface area contributed by atoms with Crippen molar-refractivity contribution >= 4 is 29.2 Å². The van der Waals surface area contributed by atoms with Gasteiger partial charge in [0.05, 0.1) is 18.4 Å². The molecule has 2 aliphatic heterocycles. The summed E-state index contributed by atoms with van der Waals surface area (Å²) >= 11 is 0. The average molecular weight is 481 g/mol. The van der Waals surface area contributed by atoms with E-state index >= 15 is 0 Å². The molecule has 186 valence electrons. The molecule has 0 aromatic heterocycles. The van der Waals surface area contributed by atoms with Crippen LogP contribution in [0.1, 0.15) is 52.8 Å². The van der Waals surface area contributed by atoms with Crippen molar-refractivity contribution in [1.82, 2.24) is 4.90 Å². The van der Waals surface area contributed by atoms with Crippen LogP contribution in [-0.4, -0.2) is 66.6 Å². The number of hydrogen-bond donors (Lipinski definition) is 3. The number of rotatable bonds is 7. The first-order valence-corrected chi connectivity index (χ1v) is 12.0. The van der Waals surface area contributed by atoms with E-state index < -0.39 is 17.4 Å². The zero-order valence-corrected chi connectivity index (χ0v) is 20.0. The minimum absolute atomic E-state index is 0.00660. The summed E-state index contributed by atoms with van der Waals surface area (Å²) in [6.45, 7) is 2.95. The van der Waals surface area contributed by atoms with Crippen LogP contribution in [0.3, 0.4) is 0 Å². The lowest BCUT2D eigenvalue weighted by atomic mass is 9.83. The number of benzene rings is 2. The first-order chi connectivity index (χ1) is 16.8. The molecule has 0 atom stereocenters. The molecule has 2 aromatic carbocycles. The summed E-state index contributed by atoms with van der Waals surface area (Å²) in [7, 11) is 1.54. The minimum Gasteiger partial charge on any atom is -0.497 e. The van der Waals surface area contributed by atoms with E-state index in [2.05, 4.69) is 15.1 Å². The molecule has 0 radical (unpaired) electrons. The lowest BCUT2D eigenvalue weighted by Crippen LogP contribution is -2.63. The molecule has 4 rings (SSSR count). The quantitative estimate of drug-likeness (QED) is 0.556. The molecule has 2 amide bonds. The SMILES string of the molecule is COc1ccc(C(=O)Nc2ccc(N3CCC(C(N)=O)(N4CCCCC4)CC3)cc2C(=O)O)cc1. The molecular weight excluding hydrogens is 448 g/mol. The number of amides is 2. The molecule has 35 heavy (non-hydrogen) atoms. The first-order valence-electron chi connectivity index (χ1n) is 12.0. The fraction of sp³-hybridized carbons (Fsp3) is 0.423. The van der Waals surface area contributed by atoms with Crippen LogP contribution >= 0.6 is 0 Å². The van der Waals surface area contributed by atoms with Crippen LogP contribution in [0, 0.1) is 0 Å². The number of carbonyl (C=O) groups is 3. The van der Waals surface area contributed by atoms with E-state index in [4.69, 9.17) is 10.5 Å². The zero-order chi connectivity index (χ0) is 25.0. The summed E-state index contributed by atoms with van der Waals surface area (Å²) < 4.78 is 5.11. The molecular formula is C26H32N4O5. The van der Waals surface area contributed by atoms with E-state index in [9.17, 15) is 19.5 Å². The van der Waals surface area contributed by atoms with Gasteiger partial charge in [-0.25, -0.2) is 4.79 Å². The van der Waals surface area contributed by atoms with Gasteiger partial charge in [0.1, 0.15) is 11.3 Å². The van der Waals surface area contributed by atoms with Crippen molar-refractivity contribution in [2.45, 2.75) is 37.6 Å². The molecule has 9 heteroatoms. The normalized spacial score (nSPS) is 18.0. The van der Waals surface area contributed by atoms with Gasteiger partial charge in [0, 0.05) is 24.3 Å². The zero-order valence-electron chi connectivity index (χ0n) is 20.0. The second-order valence-corrected chi connectivity index (χ2v) is 9.15. The number of anilines is 2. The Balaban J connectivity index is 1.49. The highest BCUT2D eigenvalue weighted by molar-refractivity contribution is 6.08. The number of piperidine rings is 2. The van der Waals surface area contributed by atoms with Crippen LogP contribution in [0.15, 0.2) is 42.5 Å². The fourth-order valence-electron chi connectivity index (χ4n) is 5.13. The number of nitrogens with zero attached hydrogens (tertiary/aromatic N) is 2. The van der Waals surface area contributed by atoms with E-state index in [-0.39, 0.29) is 17.2 Å². The predicted octanol–water partition coefficient (Wildman–Crippen LogP) is 2.96. The van der Waals surface area contributed by atoms with Gasteiger partial charge in [0.2, 0.25) is 5.91 Å². The minimum atomic E-state index is -1.13.